The van der Waals surface area contributed by atoms with Gasteiger partial charge >= 0.3 is 0 Å². The quantitative estimate of drug-likeness (QED) is 0.887. The van der Waals surface area contributed by atoms with Crippen molar-refractivity contribution < 1.29 is 8.42 Å². The second-order valence-corrected chi connectivity index (χ2v) is 7.60. The molecule has 2 heterocycles. The molecule has 0 bridgehead atoms. The highest BCUT2D eigenvalue weighted by atomic mass is 32.2. The Morgan fingerprint density at radius 2 is 2.14 bits per heavy atom. The zero-order valence-corrected chi connectivity index (χ0v) is 13.9. The summed E-state index contributed by atoms with van der Waals surface area (Å²) in [6.07, 6.45) is 1.39. The average molecular weight is 325 g/mol. The molecule has 2 aromatic rings. The van der Waals surface area contributed by atoms with Crippen LogP contribution in [0.1, 0.15) is 24.8 Å². The van der Waals surface area contributed by atoms with Crippen LogP contribution in [0.25, 0.3) is 0 Å². The van der Waals surface area contributed by atoms with Crippen molar-refractivity contribution in [1.82, 2.24) is 9.29 Å². The SMILES string of the molecule is CCNc1ccc(S(=O)(=O)N(C)C(C)c2cccs2)cn1. The number of thiophene rings is 1. The Balaban J connectivity index is 2.24. The molecule has 0 radical (unpaired) electrons. The molecule has 1 N–H and O–H groups in total. The molecule has 114 valence electrons. The molecule has 1 unspecified atom stereocenters. The van der Waals surface area contributed by atoms with E-state index in [4.69, 9.17) is 0 Å². The van der Waals surface area contributed by atoms with Gasteiger partial charge in [0.25, 0.3) is 0 Å². The zero-order valence-electron chi connectivity index (χ0n) is 12.3. The van der Waals surface area contributed by atoms with Crippen molar-refractivity contribution >= 4 is 27.2 Å². The maximum absolute atomic E-state index is 12.6. The highest BCUT2D eigenvalue weighted by Gasteiger charge is 2.27. The zero-order chi connectivity index (χ0) is 15.5. The molecule has 0 spiro atoms. The molecule has 2 rings (SSSR count). The highest BCUT2D eigenvalue weighted by molar-refractivity contribution is 7.89. The van der Waals surface area contributed by atoms with Gasteiger partial charge in [0.2, 0.25) is 10.0 Å². The molecule has 0 aliphatic carbocycles. The van der Waals surface area contributed by atoms with E-state index in [1.165, 1.54) is 10.5 Å². The van der Waals surface area contributed by atoms with Gasteiger partial charge < -0.3 is 5.32 Å². The Bertz CT molecular complexity index is 667. The molecule has 2 aromatic heterocycles. The molecule has 0 aliphatic heterocycles. The summed E-state index contributed by atoms with van der Waals surface area (Å²) in [6, 6.07) is 6.92. The van der Waals surface area contributed by atoms with Crippen molar-refractivity contribution in [1.29, 1.82) is 0 Å². The van der Waals surface area contributed by atoms with Crippen LogP contribution in [-0.4, -0.2) is 31.3 Å². The predicted molar refractivity (Wildman–Crippen MR) is 86.1 cm³/mol. The summed E-state index contributed by atoms with van der Waals surface area (Å²) in [4.78, 5) is 5.34. The lowest BCUT2D eigenvalue weighted by atomic mass is 10.3. The lowest BCUT2D eigenvalue weighted by Gasteiger charge is -2.23. The lowest BCUT2D eigenvalue weighted by molar-refractivity contribution is 0.402. The molecule has 0 amide bonds. The molecule has 0 fully saturated rings. The van der Waals surface area contributed by atoms with Crippen molar-refractivity contribution in [3.63, 3.8) is 0 Å². The van der Waals surface area contributed by atoms with Crippen molar-refractivity contribution in [3.8, 4) is 0 Å². The van der Waals surface area contributed by atoms with Crippen LogP contribution in [0.4, 0.5) is 5.82 Å². The first-order valence-electron chi connectivity index (χ1n) is 6.68. The molecule has 1 atom stereocenters. The fourth-order valence-corrected chi connectivity index (χ4v) is 4.08. The summed E-state index contributed by atoms with van der Waals surface area (Å²) in [5.74, 6) is 0.672. The summed E-state index contributed by atoms with van der Waals surface area (Å²) in [6.45, 7) is 4.58. The minimum absolute atomic E-state index is 0.204. The monoisotopic (exact) mass is 325 g/mol. The first-order chi connectivity index (χ1) is 9.96. The van der Waals surface area contributed by atoms with Gasteiger partial charge in [0, 0.05) is 24.7 Å². The molecule has 5 nitrogen and oxygen atoms in total. The molecule has 7 heteroatoms. The van der Waals surface area contributed by atoms with E-state index in [1.54, 1.807) is 30.5 Å². The summed E-state index contributed by atoms with van der Waals surface area (Å²) in [5.41, 5.74) is 0. The molecular weight excluding hydrogens is 306 g/mol. The largest absolute Gasteiger partial charge is 0.370 e. The van der Waals surface area contributed by atoms with Crippen LogP contribution in [0.15, 0.2) is 40.7 Å². The van der Waals surface area contributed by atoms with E-state index >= 15 is 0 Å². The van der Waals surface area contributed by atoms with E-state index in [2.05, 4.69) is 10.3 Å². The summed E-state index contributed by atoms with van der Waals surface area (Å²) in [5, 5.41) is 4.99. The first-order valence-corrected chi connectivity index (χ1v) is 9.00. The van der Waals surface area contributed by atoms with Crippen LogP contribution >= 0.6 is 11.3 Å². The normalized spacial score (nSPS) is 13.3. The van der Waals surface area contributed by atoms with Gasteiger partial charge in [-0.05, 0) is 37.4 Å². The average Bonchev–Trinajstić information content (AvgIpc) is 3.01. The van der Waals surface area contributed by atoms with Crippen LogP contribution in [0.5, 0.6) is 0 Å². The highest BCUT2D eigenvalue weighted by Crippen LogP contribution is 2.28. The van der Waals surface area contributed by atoms with Crippen molar-refractivity contribution in [2.75, 3.05) is 18.9 Å². The number of sulfonamides is 1. The van der Waals surface area contributed by atoms with E-state index in [0.29, 0.717) is 5.82 Å². The molecule has 0 aliphatic rings. The van der Waals surface area contributed by atoms with Crippen LogP contribution < -0.4 is 5.32 Å². The van der Waals surface area contributed by atoms with E-state index in [9.17, 15) is 8.42 Å². The molecule has 0 saturated heterocycles. The summed E-state index contributed by atoms with van der Waals surface area (Å²) in [7, 11) is -1.95. The second kappa shape index (κ2) is 6.55. The summed E-state index contributed by atoms with van der Waals surface area (Å²) < 4.78 is 26.6. The Morgan fingerprint density at radius 3 is 2.67 bits per heavy atom. The Morgan fingerprint density at radius 1 is 1.38 bits per heavy atom. The number of hydrogen-bond donors (Lipinski definition) is 1. The van der Waals surface area contributed by atoms with E-state index < -0.39 is 10.0 Å². The maximum Gasteiger partial charge on any atom is 0.244 e. The Labute approximate surface area is 129 Å². The van der Waals surface area contributed by atoms with E-state index in [1.807, 2.05) is 31.4 Å². The van der Waals surface area contributed by atoms with E-state index in [0.717, 1.165) is 11.4 Å². The number of nitrogens with one attached hydrogen (secondary N) is 1. The molecule has 21 heavy (non-hydrogen) atoms. The smallest absolute Gasteiger partial charge is 0.244 e. The van der Waals surface area contributed by atoms with Crippen molar-refractivity contribution in [2.45, 2.75) is 24.8 Å². The van der Waals surface area contributed by atoms with Gasteiger partial charge in [0.1, 0.15) is 10.7 Å². The third kappa shape index (κ3) is 3.42. The second-order valence-electron chi connectivity index (χ2n) is 4.62. The third-order valence-corrected chi connectivity index (χ3v) is 6.23. The van der Waals surface area contributed by atoms with Crippen LogP contribution in [0, 0.1) is 0 Å². The van der Waals surface area contributed by atoms with E-state index in [-0.39, 0.29) is 10.9 Å². The first kappa shape index (κ1) is 15.9. The third-order valence-electron chi connectivity index (χ3n) is 3.27. The number of anilines is 1. The molecule has 0 aromatic carbocycles. The Hall–Kier alpha value is -1.44. The van der Waals surface area contributed by atoms with Gasteiger partial charge in [-0.2, -0.15) is 4.31 Å². The number of pyridine rings is 1. The van der Waals surface area contributed by atoms with Gasteiger partial charge in [-0.25, -0.2) is 13.4 Å². The molecule has 0 saturated carbocycles. The van der Waals surface area contributed by atoms with Gasteiger partial charge in [-0.1, -0.05) is 6.07 Å². The minimum atomic E-state index is -3.55. The number of hydrogen-bond acceptors (Lipinski definition) is 5. The lowest BCUT2D eigenvalue weighted by Crippen LogP contribution is -2.29. The predicted octanol–water partition coefficient (Wildman–Crippen LogP) is 2.96. The van der Waals surface area contributed by atoms with Crippen molar-refractivity contribution in [2.24, 2.45) is 0 Å². The Kier molecular flexibility index (Phi) is 4.97. The number of rotatable bonds is 6. The van der Waals surface area contributed by atoms with Gasteiger partial charge in [0.15, 0.2) is 0 Å². The maximum atomic E-state index is 12.6. The molecular formula is C14H19N3O2S2. The van der Waals surface area contributed by atoms with Crippen LogP contribution in [-0.2, 0) is 10.0 Å². The minimum Gasteiger partial charge on any atom is -0.370 e. The topological polar surface area (TPSA) is 62.3 Å². The van der Waals surface area contributed by atoms with Gasteiger partial charge in [0.05, 0.1) is 6.04 Å². The van der Waals surface area contributed by atoms with Crippen LogP contribution in [0.3, 0.4) is 0 Å². The summed E-state index contributed by atoms with van der Waals surface area (Å²) >= 11 is 1.55. The van der Waals surface area contributed by atoms with Crippen LogP contribution in [0.2, 0.25) is 0 Å². The number of nitrogens with zero attached hydrogens (tertiary/aromatic N) is 2. The fourth-order valence-electron chi connectivity index (χ4n) is 1.90. The fraction of sp³-hybridized carbons (Fsp3) is 0.357. The van der Waals surface area contributed by atoms with Gasteiger partial charge in [-0.3, -0.25) is 0 Å². The number of aromatic nitrogens is 1. The van der Waals surface area contributed by atoms with Crippen molar-refractivity contribution in [3.05, 3.63) is 40.7 Å². The standard InChI is InChI=1S/C14H19N3O2S2/c1-4-15-14-8-7-12(10-16-14)21(18,19)17(3)11(2)13-6-5-9-20-13/h5-11H,4H2,1-3H3,(H,15,16). The van der Waals surface area contributed by atoms with Gasteiger partial charge in [-0.15, -0.1) is 11.3 Å².